The first kappa shape index (κ1) is 14.9. The lowest BCUT2D eigenvalue weighted by Crippen LogP contribution is -2.13. The summed E-state index contributed by atoms with van der Waals surface area (Å²) in [5, 5.41) is 12.5. The zero-order valence-electron chi connectivity index (χ0n) is 13.5. The van der Waals surface area contributed by atoms with Gasteiger partial charge >= 0.3 is 0 Å². The van der Waals surface area contributed by atoms with E-state index in [4.69, 9.17) is 0 Å². The van der Waals surface area contributed by atoms with E-state index in [-0.39, 0.29) is 18.4 Å². The Morgan fingerprint density at radius 1 is 1.29 bits per heavy atom. The molecule has 0 spiro atoms. The van der Waals surface area contributed by atoms with E-state index in [2.05, 4.69) is 10.3 Å². The number of hydrogen-bond donors (Lipinski definition) is 2. The van der Waals surface area contributed by atoms with Gasteiger partial charge < -0.3 is 14.8 Å². The van der Waals surface area contributed by atoms with Crippen LogP contribution in [-0.4, -0.2) is 20.4 Å². The van der Waals surface area contributed by atoms with Gasteiger partial charge in [0, 0.05) is 12.1 Å². The van der Waals surface area contributed by atoms with Gasteiger partial charge in [-0.05, 0) is 54.2 Å². The highest BCUT2D eigenvalue weighted by Crippen LogP contribution is 2.31. The Hall–Kier alpha value is -2.66. The van der Waals surface area contributed by atoms with Gasteiger partial charge in [-0.1, -0.05) is 18.2 Å². The van der Waals surface area contributed by atoms with Crippen LogP contribution in [0, 0.1) is 12.8 Å². The highest BCUT2D eigenvalue weighted by atomic mass is 16.3. The van der Waals surface area contributed by atoms with E-state index in [1.54, 1.807) is 0 Å². The molecule has 5 heteroatoms. The normalized spacial score (nSPS) is 14.1. The zero-order valence-corrected chi connectivity index (χ0v) is 13.5. The molecular weight excluding hydrogens is 302 g/mol. The number of imidazole rings is 1. The lowest BCUT2D eigenvalue weighted by Gasteiger charge is -2.11. The van der Waals surface area contributed by atoms with Crippen molar-refractivity contribution in [2.75, 3.05) is 5.32 Å². The van der Waals surface area contributed by atoms with Gasteiger partial charge in [0.1, 0.15) is 5.65 Å². The standard InChI is InChI=1S/C19H19N3O2/c1-12-3-2-4-15(11-23)18(12)14-7-8-17-20-16(10-22(17)9-14)21-19(24)13-5-6-13/h2-4,7-10,13,23H,5-6,11H2,1H3,(H,21,24). The van der Waals surface area contributed by atoms with Gasteiger partial charge in [-0.3, -0.25) is 4.79 Å². The maximum atomic E-state index is 11.9. The van der Waals surface area contributed by atoms with Crippen LogP contribution < -0.4 is 5.32 Å². The molecule has 24 heavy (non-hydrogen) atoms. The number of aryl methyl sites for hydroxylation is 1. The van der Waals surface area contributed by atoms with Crippen molar-refractivity contribution in [3.05, 3.63) is 53.9 Å². The number of carbonyl (C=O) groups is 1. The highest BCUT2D eigenvalue weighted by molar-refractivity contribution is 5.93. The van der Waals surface area contributed by atoms with E-state index in [0.717, 1.165) is 40.7 Å². The van der Waals surface area contributed by atoms with E-state index in [1.807, 2.05) is 54.0 Å². The van der Waals surface area contributed by atoms with Crippen molar-refractivity contribution in [1.82, 2.24) is 9.38 Å². The van der Waals surface area contributed by atoms with Crippen LogP contribution in [-0.2, 0) is 11.4 Å². The molecule has 0 saturated heterocycles. The smallest absolute Gasteiger partial charge is 0.228 e. The summed E-state index contributed by atoms with van der Waals surface area (Å²) in [5.74, 6) is 0.792. The number of carbonyl (C=O) groups excluding carboxylic acids is 1. The molecule has 122 valence electrons. The van der Waals surface area contributed by atoms with Crippen LogP contribution >= 0.6 is 0 Å². The molecule has 1 aliphatic carbocycles. The topological polar surface area (TPSA) is 66.6 Å². The fourth-order valence-corrected chi connectivity index (χ4v) is 3.05. The SMILES string of the molecule is Cc1cccc(CO)c1-c1ccc2nc(NC(=O)C3CC3)cn2c1. The number of aliphatic hydroxyl groups excluding tert-OH is 1. The number of benzene rings is 1. The average molecular weight is 321 g/mol. The van der Waals surface area contributed by atoms with Gasteiger partial charge in [-0.25, -0.2) is 4.98 Å². The molecule has 2 N–H and O–H groups in total. The molecule has 3 aromatic rings. The summed E-state index contributed by atoms with van der Waals surface area (Å²) in [6, 6.07) is 9.84. The van der Waals surface area contributed by atoms with Gasteiger partial charge in [0.25, 0.3) is 0 Å². The third-order valence-corrected chi connectivity index (χ3v) is 4.47. The van der Waals surface area contributed by atoms with Crippen LogP contribution in [0.5, 0.6) is 0 Å². The van der Waals surface area contributed by atoms with Crippen molar-refractivity contribution < 1.29 is 9.90 Å². The van der Waals surface area contributed by atoms with Gasteiger partial charge in [0.2, 0.25) is 5.91 Å². The van der Waals surface area contributed by atoms with E-state index >= 15 is 0 Å². The number of nitrogens with one attached hydrogen (secondary N) is 1. The predicted molar refractivity (Wildman–Crippen MR) is 92.6 cm³/mol. The molecule has 0 radical (unpaired) electrons. The molecule has 1 saturated carbocycles. The zero-order chi connectivity index (χ0) is 16.7. The second kappa shape index (κ2) is 5.76. The Morgan fingerprint density at radius 3 is 2.88 bits per heavy atom. The number of aromatic nitrogens is 2. The second-order valence-electron chi connectivity index (χ2n) is 6.34. The number of nitrogens with zero attached hydrogens (tertiary/aromatic N) is 2. The number of rotatable bonds is 4. The first-order valence-corrected chi connectivity index (χ1v) is 8.15. The molecule has 1 amide bonds. The summed E-state index contributed by atoms with van der Waals surface area (Å²) < 4.78 is 1.91. The molecule has 0 atom stereocenters. The van der Waals surface area contributed by atoms with Gasteiger partial charge in [0.15, 0.2) is 5.82 Å². The van der Waals surface area contributed by atoms with Crippen LogP contribution in [0.25, 0.3) is 16.8 Å². The van der Waals surface area contributed by atoms with Crippen LogP contribution in [0.2, 0.25) is 0 Å². The number of hydrogen-bond acceptors (Lipinski definition) is 3. The summed E-state index contributed by atoms with van der Waals surface area (Å²) in [5.41, 5.74) is 4.85. The van der Waals surface area contributed by atoms with Gasteiger partial charge in [-0.15, -0.1) is 0 Å². The van der Waals surface area contributed by atoms with Crippen molar-refractivity contribution in [2.24, 2.45) is 5.92 Å². The highest BCUT2D eigenvalue weighted by Gasteiger charge is 2.30. The third-order valence-electron chi connectivity index (χ3n) is 4.47. The Labute approximate surface area is 140 Å². The number of anilines is 1. The molecule has 5 nitrogen and oxygen atoms in total. The van der Waals surface area contributed by atoms with Crippen LogP contribution in [0.1, 0.15) is 24.0 Å². The molecule has 4 rings (SSSR count). The second-order valence-corrected chi connectivity index (χ2v) is 6.34. The van der Waals surface area contributed by atoms with E-state index in [0.29, 0.717) is 5.82 Å². The minimum absolute atomic E-state index is 0.00166. The molecular formula is C19H19N3O2. The summed E-state index contributed by atoms with van der Waals surface area (Å²) in [4.78, 5) is 16.3. The quantitative estimate of drug-likeness (QED) is 0.776. The Balaban J connectivity index is 1.72. The largest absolute Gasteiger partial charge is 0.392 e. The number of pyridine rings is 1. The molecule has 0 aliphatic heterocycles. The molecule has 2 aromatic heterocycles. The Kier molecular flexibility index (Phi) is 3.58. The third kappa shape index (κ3) is 2.67. The lowest BCUT2D eigenvalue weighted by molar-refractivity contribution is -0.117. The van der Waals surface area contributed by atoms with Crippen LogP contribution in [0.15, 0.2) is 42.7 Å². The summed E-state index contributed by atoms with van der Waals surface area (Å²) in [6.07, 6.45) is 5.76. The number of aliphatic hydroxyl groups is 1. The molecule has 2 heterocycles. The van der Waals surface area contributed by atoms with Crippen molar-refractivity contribution in [3.8, 4) is 11.1 Å². The molecule has 0 unspecified atom stereocenters. The minimum atomic E-state index is 0.00166. The molecule has 0 bridgehead atoms. The first-order chi connectivity index (χ1) is 11.7. The minimum Gasteiger partial charge on any atom is -0.392 e. The van der Waals surface area contributed by atoms with Gasteiger partial charge in [0.05, 0.1) is 12.8 Å². The van der Waals surface area contributed by atoms with Crippen LogP contribution in [0.3, 0.4) is 0 Å². The summed E-state index contributed by atoms with van der Waals surface area (Å²) >= 11 is 0. The maximum Gasteiger partial charge on any atom is 0.228 e. The monoisotopic (exact) mass is 321 g/mol. The lowest BCUT2D eigenvalue weighted by atomic mass is 9.96. The van der Waals surface area contributed by atoms with Crippen molar-refractivity contribution in [1.29, 1.82) is 0 Å². The number of fused-ring (bicyclic) bond motifs is 1. The van der Waals surface area contributed by atoms with E-state index in [9.17, 15) is 9.90 Å². The van der Waals surface area contributed by atoms with Crippen molar-refractivity contribution >= 4 is 17.4 Å². The fraction of sp³-hybridized carbons (Fsp3) is 0.263. The van der Waals surface area contributed by atoms with Crippen molar-refractivity contribution in [2.45, 2.75) is 26.4 Å². The Bertz CT molecular complexity index is 926. The van der Waals surface area contributed by atoms with Crippen molar-refractivity contribution in [3.63, 3.8) is 0 Å². The molecule has 1 aliphatic rings. The predicted octanol–water partition coefficient (Wildman–Crippen LogP) is 3.15. The van der Waals surface area contributed by atoms with E-state index in [1.165, 1.54) is 0 Å². The number of amides is 1. The average Bonchev–Trinajstić information content (AvgIpc) is 3.35. The summed E-state index contributed by atoms with van der Waals surface area (Å²) in [6.45, 7) is 2.04. The Morgan fingerprint density at radius 2 is 2.12 bits per heavy atom. The van der Waals surface area contributed by atoms with E-state index < -0.39 is 0 Å². The summed E-state index contributed by atoms with van der Waals surface area (Å²) in [7, 11) is 0. The van der Waals surface area contributed by atoms with Crippen LogP contribution in [0.4, 0.5) is 5.82 Å². The first-order valence-electron chi connectivity index (χ1n) is 8.15. The van der Waals surface area contributed by atoms with Gasteiger partial charge in [-0.2, -0.15) is 0 Å². The molecule has 1 fully saturated rings. The fourth-order valence-electron chi connectivity index (χ4n) is 3.05. The maximum absolute atomic E-state index is 11.9. The molecule has 1 aromatic carbocycles.